The third-order valence-corrected chi connectivity index (χ3v) is 4.84. The predicted molar refractivity (Wildman–Crippen MR) is 124 cm³/mol. The van der Waals surface area contributed by atoms with Gasteiger partial charge < -0.3 is 19.8 Å². The summed E-state index contributed by atoms with van der Waals surface area (Å²) in [6.07, 6.45) is 3.43. The van der Waals surface area contributed by atoms with Crippen molar-refractivity contribution >= 4 is 5.96 Å². The third-order valence-electron chi connectivity index (χ3n) is 4.84. The fourth-order valence-corrected chi connectivity index (χ4v) is 3.35. The first-order valence-electron chi connectivity index (χ1n) is 10.9. The lowest BCUT2D eigenvalue weighted by Crippen LogP contribution is -2.39. The van der Waals surface area contributed by atoms with Gasteiger partial charge in [-0.1, -0.05) is 18.2 Å². The van der Waals surface area contributed by atoms with Crippen molar-refractivity contribution < 1.29 is 9.15 Å². The largest absolute Gasteiger partial charge is 0.469 e. The highest BCUT2D eigenvalue weighted by molar-refractivity contribution is 5.79. The maximum atomic E-state index is 5.43. The molecule has 31 heavy (non-hydrogen) atoms. The van der Waals surface area contributed by atoms with Gasteiger partial charge in [-0.3, -0.25) is 0 Å². The minimum Gasteiger partial charge on any atom is -0.469 e. The molecule has 0 aliphatic heterocycles. The van der Waals surface area contributed by atoms with E-state index < -0.39 is 0 Å². The molecule has 7 nitrogen and oxygen atoms in total. The molecule has 0 aliphatic rings. The number of nitrogens with one attached hydrogen (secondary N) is 2. The average molecular weight is 424 g/mol. The van der Waals surface area contributed by atoms with E-state index in [0.717, 1.165) is 73.5 Å². The summed E-state index contributed by atoms with van der Waals surface area (Å²) in [5, 5.41) is 11.5. The Hall–Kier alpha value is -3.06. The zero-order valence-corrected chi connectivity index (χ0v) is 18.7. The van der Waals surface area contributed by atoms with Gasteiger partial charge in [0.15, 0.2) is 5.96 Å². The monoisotopic (exact) mass is 423 g/mol. The Morgan fingerprint density at radius 3 is 2.71 bits per heavy atom. The van der Waals surface area contributed by atoms with Crippen molar-refractivity contribution in [1.82, 2.24) is 20.4 Å². The number of hydrogen-bond acceptors (Lipinski definition) is 4. The predicted octanol–water partition coefficient (Wildman–Crippen LogP) is 3.79. The minimum atomic E-state index is 0.552. The van der Waals surface area contributed by atoms with E-state index in [-0.39, 0.29) is 0 Å². The summed E-state index contributed by atoms with van der Waals surface area (Å²) in [5.41, 5.74) is 4.30. The molecule has 166 valence electrons. The molecule has 0 saturated carbocycles. The number of hydrogen-bond donors (Lipinski definition) is 2. The van der Waals surface area contributed by atoms with Gasteiger partial charge in [-0.15, -0.1) is 0 Å². The number of rotatable bonds is 11. The number of ether oxygens (including phenoxy) is 1. The van der Waals surface area contributed by atoms with Crippen LogP contribution in [0.5, 0.6) is 0 Å². The van der Waals surface area contributed by atoms with Crippen molar-refractivity contribution in [2.75, 3.05) is 26.3 Å². The molecule has 0 amide bonds. The highest BCUT2D eigenvalue weighted by atomic mass is 16.5. The fraction of sp³-hybridized carbons (Fsp3) is 0.417. The van der Waals surface area contributed by atoms with Crippen LogP contribution in [0.25, 0.3) is 5.69 Å². The Labute approximate surface area is 184 Å². The molecule has 0 saturated heterocycles. The van der Waals surface area contributed by atoms with Gasteiger partial charge in [0, 0.05) is 38.4 Å². The van der Waals surface area contributed by atoms with E-state index in [1.807, 2.05) is 42.8 Å². The van der Waals surface area contributed by atoms with Crippen LogP contribution in [0.2, 0.25) is 0 Å². The lowest BCUT2D eigenvalue weighted by Gasteiger charge is -2.14. The molecule has 7 heteroatoms. The highest BCUT2D eigenvalue weighted by Gasteiger charge is 2.09. The van der Waals surface area contributed by atoms with Crippen LogP contribution in [0.3, 0.4) is 0 Å². The SMILES string of the molecule is CCOCCCNC(=NCc1ccccc1-n1nc(C)cc1C)NCCc1ccco1. The van der Waals surface area contributed by atoms with Crippen molar-refractivity contribution in [1.29, 1.82) is 0 Å². The van der Waals surface area contributed by atoms with Crippen molar-refractivity contribution in [3.63, 3.8) is 0 Å². The number of aromatic nitrogens is 2. The zero-order valence-electron chi connectivity index (χ0n) is 18.7. The summed E-state index contributed by atoms with van der Waals surface area (Å²) in [5.74, 6) is 1.74. The average Bonchev–Trinajstić information content (AvgIpc) is 3.40. The molecule has 0 atom stereocenters. The Balaban J connectivity index is 1.67. The van der Waals surface area contributed by atoms with Crippen LogP contribution >= 0.6 is 0 Å². The Kier molecular flexibility index (Phi) is 8.72. The number of aliphatic imine (C=N–C) groups is 1. The van der Waals surface area contributed by atoms with Crippen molar-refractivity contribution in [2.24, 2.45) is 4.99 Å². The van der Waals surface area contributed by atoms with E-state index in [2.05, 4.69) is 40.9 Å². The number of para-hydroxylation sites is 1. The summed E-state index contributed by atoms with van der Waals surface area (Å²) < 4.78 is 12.8. The van der Waals surface area contributed by atoms with Crippen LogP contribution in [-0.2, 0) is 17.7 Å². The van der Waals surface area contributed by atoms with E-state index >= 15 is 0 Å². The second-order valence-electron chi connectivity index (χ2n) is 7.37. The van der Waals surface area contributed by atoms with E-state index in [9.17, 15) is 0 Å². The quantitative estimate of drug-likeness (QED) is 0.279. The maximum absolute atomic E-state index is 5.43. The number of aryl methyl sites for hydroxylation is 2. The standard InChI is InChI=1S/C24H33N5O2/c1-4-30-15-8-13-25-24(26-14-12-22-10-7-16-31-22)27-18-21-9-5-6-11-23(21)29-20(3)17-19(2)28-29/h5-7,9-11,16-17H,4,8,12-15,18H2,1-3H3,(H2,25,26,27). The zero-order chi connectivity index (χ0) is 21.9. The molecule has 2 heterocycles. The van der Waals surface area contributed by atoms with Gasteiger partial charge in [-0.25, -0.2) is 9.67 Å². The highest BCUT2D eigenvalue weighted by Crippen LogP contribution is 2.17. The van der Waals surface area contributed by atoms with Crippen LogP contribution in [0, 0.1) is 13.8 Å². The summed E-state index contributed by atoms with van der Waals surface area (Å²) in [6.45, 7) is 9.66. The van der Waals surface area contributed by atoms with Gasteiger partial charge in [0.1, 0.15) is 5.76 Å². The summed E-state index contributed by atoms with van der Waals surface area (Å²) >= 11 is 0. The molecule has 0 bridgehead atoms. The number of nitrogens with zero attached hydrogens (tertiary/aromatic N) is 3. The maximum Gasteiger partial charge on any atom is 0.191 e. The van der Waals surface area contributed by atoms with E-state index in [1.165, 1.54) is 0 Å². The van der Waals surface area contributed by atoms with Crippen molar-refractivity contribution in [3.8, 4) is 5.69 Å². The molecule has 3 aromatic rings. The molecule has 3 rings (SSSR count). The lowest BCUT2D eigenvalue weighted by atomic mass is 10.2. The van der Waals surface area contributed by atoms with Gasteiger partial charge in [0.25, 0.3) is 0 Å². The first kappa shape index (κ1) is 22.6. The van der Waals surface area contributed by atoms with E-state index in [4.69, 9.17) is 14.1 Å². The number of furan rings is 1. The molecule has 2 N–H and O–H groups in total. The van der Waals surface area contributed by atoms with Gasteiger partial charge in [0.2, 0.25) is 0 Å². The van der Waals surface area contributed by atoms with Gasteiger partial charge >= 0.3 is 0 Å². The van der Waals surface area contributed by atoms with Crippen LogP contribution in [0.1, 0.15) is 36.1 Å². The van der Waals surface area contributed by atoms with E-state index in [0.29, 0.717) is 6.54 Å². The van der Waals surface area contributed by atoms with Crippen LogP contribution in [0.15, 0.2) is 58.1 Å². The molecule has 0 radical (unpaired) electrons. The van der Waals surface area contributed by atoms with Crippen molar-refractivity contribution in [3.05, 3.63) is 71.4 Å². The molecular formula is C24H33N5O2. The molecule has 0 fully saturated rings. The van der Waals surface area contributed by atoms with Gasteiger partial charge in [-0.2, -0.15) is 5.10 Å². The van der Waals surface area contributed by atoms with Crippen LogP contribution < -0.4 is 10.6 Å². The first-order valence-corrected chi connectivity index (χ1v) is 10.9. The molecule has 0 spiro atoms. The second kappa shape index (κ2) is 12.0. The molecular weight excluding hydrogens is 390 g/mol. The summed E-state index contributed by atoms with van der Waals surface area (Å²) in [6, 6.07) is 14.2. The van der Waals surface area contributed by atoms with Gasteiger partial charge in [0.05, 0.1) is 24.2 Å². The van der Waals surface area contributed by atoms with Crippen LogP contribution in [-0.4, -0.2) is 42.0 Å². The molecule has 1 aromatic carbocycles. The normalized spacial score (nSPS) is 11.6. The van der Waals surface area contributed by atoms with Crippen molar-refractivity contribution in [2.45, 2.75) is 40.2 Å². The Bertz CT molecular complexity index is 947. The third kappa shape index (κ3) is 7.00. The second-order valence-corrected chi connectivity index (χ2v) is 7.37. The first-order chi connectivity index (χ1) is 15.2. The topological polar surface area (TPSA) is 76.6 Å². The molecule has 0 unspecified atom stereocenters. The lowest BCUT2D eigenvalue weighted by molar-refractivity contribution is 0.145. The van der Waals surface area contributed by atoms with Crippen LogP contribution in [0.4, 0.5) is 0 Å². The summed E-state index contributed by atoms with van der Waals surface area (Å²) in [7, 11) is 0. The smallest absolute Gasteiger partial charge is 0.191 e. The summed E-state index contributed by atoms with van der Waals surface area (Å²) in [4.78, 5) is 4.84. The Morgan fingerprint density at radius 1 is 1.13 bits per heavy atom. The molecule has 0 aliphatic carbocycles. The fourth-order valence-electron chi connectivity index (χ4n) is 3.35. The Morgan fingerprint density at radius 2 is 1.97 bits per heavy atom. The number of guanidine groups is 1. The minimum absolute atomic E-state index is 0.552. The number of benzene rings is 1. The van der Waals surface area contributed by atoms with E-state index in [1.54, 1.807) is 6.26 Å². The molecule has 2 aromatic heterocycles. The van der Waals surface area contributed by atoms with Gasteiger partial charge in [-0.05, 0) is 57.0 Å².